The van der Waals surface area contributed by atoms with Crippen molar-refractivity contribution >= 4 is 40.3 Å². The summed E-state index contributed by atoms with van der Waals surface area (Å²) in [4.78, 5) is 61.6. The van der Waals surface area contributed by atoms with E-state index in [4.69, 9.17) is 4.74 Å². The van der Waals surface area contributed by atoms with E-state index in [0.29, 0.717) is 28.1 Å². The summed E-state index contributed by atoms with van der Waals surface area (Å²) in [6.07, 6.45) is 0.771. The first-order chi connectivity index (χ1) is 25.7. The Morgan fingerprint density at radius 1 is 0.981 bits per heavy atom. The average Bonchev–Trinajstić information content (AvgIpc) is 3.72. The fraction of sp³-hybridized carbons (Fsp3) is 0.244. The van der Waals surface area contributed by atoms with E-state index >= 15 is 0 Å². The largest absolute Gasteiger partial charge is 0.506 e. The highest BCUT2D eigenvalue weighted by Gasteiger charge is 2.61. The summed E-state index contributed by atoms with van der Waals surface area (Å²) in [5, 5.41) is 31.1. The van der Waals surface area contributed by atoms with Crippen molar-refractivity contribution in [3.05, 3.63) is 137 Å². The third-order valence-corrected chi connectivity index (χ3v) is 10.2. The van der Waals surface area contributed by atoms with Crippen molar-refractivity contribution in [1.82, 2.24) is 20.5 Å². The Hall–Kier alpha value is -6.27. The van der Waals surface area contributed by atoms with Crippen LogP contribution in [0.1, 0.15) is 33.5 Å². The molecule has 0 saturated carbocycles. The van der Waals surface area contributed by atoms with E-state index in [0.717, 1.165) is 21.9 Å². The van der Waals surface area contributed by atoms with E-state index in [1.807, 2.05) is 72.8 Å². The molecule has 4 amide bonds. The molecule has 3 heterocycles. The first-order valence-electron chi connectivity index (χ1n) is 17.4. The zero-order valence-corrected chi connectivity index (χ0v) is 29.0. The second-order valence-corrected chi connectivity index (χ2v) is 13.5. The first kappa shape index (κ1) is 35.1. The van der Waals surface area contributed by atoms with Crippen LogP contribution < -0.4 is 16.0 Å². The SMILES string of the molecule is Cc1ncc(CO)c(CNC(=O)C2CN(C(=O)C(Cc3ccc4ccccc4c3)NC(=O)OCc3ccccc3)CC23C(=O)Nc2ccccc23)c1O. The second-order valence-electron chi connectivity index (χ2n) is 13.5. The van der Waals surface area contributed by atoms with E-state index in [1.165, 1.54) is 11.1 Å². The molecular formula is C41H39N5O7. The molecule has 2 aliphatic rings. The Labute approximate surface area is 305 Å². The minimum atomic E-state index is -1.44. The summed E-state index contributed by atoms with van der Waals surface area (Å²) in [5.74, 6) is -2.61. The molecule has 7 rings (SSSR count). The van der Waals surface area contributed by atoms with Gasteiger partial charge in [0.05, 0.1) is 18.2 Å². The number of aryl methyl sites for hydroxylation is 1. The Kier molecular flexibility index (Phi) is 9.79. The summed E-state index contributed by atoms with van der Waals surface area (Å²) < 4.78 is 5.51. The van der Waals surface area contributed by atoms with E-state index < -0.39 is 47.8 Å². The van der Waals surface area contributed by atoms with Crippen molar-refractivity contribution in [2.75, 3.05) is 18.4 Å². The minimum absolute atomic E-state index is 0.000134. The van der Waals surface area contributed by atoms with Gasteiger partial charge in [-0.15, -0.1) is 0 Å². The van der Waals surface area contributed by atoms with Gasteiger partial charge in [0.25, 0.3) is 0 Å². The van der Waals surface area contributed by atoms with Crippen LogP contribution in [-0.2, 0) is 50.7 Å². The number of benzene rings is 4. The van der Waals surface area contributed by atoms with Gasteiger partial charge in [-0.2, -0.15) is 0 Å². The maximum absolute atomic E-state index is 14.6. The van der Waals surface area contributed by atoms with E-state index in [2.05, 4.69) is 20.9 Å². The van der Waals surface area contributed by atoms with Crippen molar-refractivity contribution < 1.29 is 34.1 Å². The summed E-state index contributed by atoms with van der Waals surface area (Å²) in [6.45, 7) is 0.805. The number of aliphatic hydroxyl groups is 1. The number of aliphatic hydroxyl groups excluding tert-OH is 1. The van der Waals surface area contributed by atoms with Crippen LogP contribution in [0.3, 0.4) is 0 Å². The number of hydrogen-bond donors (Lipinski definition) is 5. The summed E-state index contributed by atoms with van der Waals surface area (Å²) in [7, 11) is 0. The van der Waals surface area contributed by atoms with E-state index in [-0.39, 0.29) is 38.4 Å². The summed E-state index contributed by atoms with van der Waals surface area (Å²) >= 11 is 0. The van der Waals surface area contributed by atoms with Gasteiger partial charge >= 0.3 is 6.09 Å². The van der Waals surface area contributed by atoms with Crippen molar-refractivity contribution in [2.24, 2.45) is 5.92 Å². The number of carbonyl (C=O) groups is 4. The molecule has 5 N–H and O–H groups in total. The third kappa shape index (κ3) is 6.88. The van der Waals surface area contributed by atoms with Gasteiger partial charge in [0.2, 0.25) is 17.7 Å². The maximum Gasteiger partial charge on any atom is 0.408 e. The molecule has 0 aliphatic carbocycles. The Morgan fingerprint density at radius 3 is 2.51 bits per heavy atom. The normalized spacial score (nSPS) is 18.0. The molecule has 12 heteroatoms. The summed E-state index contributed by atoms with van der Waals surface area (Å²) in [6, 6.07) is 28.8. The van der Waals surface area contributed by atoms with Gasteiger partial charge in [-0.1, -0.05) is 91.0 Å². The molecular weight excluding hydrogens is 674 g/mol. The van der Waals surface area contributed by atoms with Gasteiger partial charge in [0, 0.05) is 49.1 Å². The van der Waals surface area contributed by atoms with Crippen molar-refractivity contribution in [3.8, 4) is 5.75 Å². The van der Waals surface area contributed by atoms with Crippen molar-refractivity contribution in [3.63, 3.8) is 0 Å². The van der Waals surface area contributed by atoms with Gasteiger partial charge in [-0.05, 0) is 40.5 Å². The monoisotopic (exact) mass is 713 g/mol. The number of alkyl carbamates (subject to hydrolysis) is 1. The molecule has 1 spiro atoms. The molecule has 270 valence electrons. The molecule has 2 aliphatic heterocycles. The van der Waals surface area contributed by atoms with Crippen LogP contribution in [0.25, 0.3) is 10.8 Å². The zero-order chi connectivity index (χ0) is 37.1. The molecule has 3 unspecified atom stereocenters. The molecule has 1 fully saturated rings. The maximum atomic E-state index is 14.6. The number of aromatic nitrogens is 1. The van der Waals surface area contributed by atoms with Crippen LogP contribution in [-0.4, -0.2) is 63.0 Å². The summed E-state index contributed by atoms with van der Waals surface area (Å²) in [5.41, 5.74) is 2.25. The number of para-hydroxylation sites is 1. The average molecular weight is 714 g/mol. The predicted octanol–water partition coefficient (Wildman–Crippen LogP) is 4.24. The van der Waals surface area contributed by atoms with Crippen LogP contribution in [0.15, 0.2) is 103 Å². The molecule has 0 radical (unpaired) electrons. The number of aromatic hydroxyl groups is 1. The number of carbonyl (C=O) groups excluding carboxylic acids is 4. The first-order valence-corrected chi connectivity index (χ1v) is 17.4. The van der Waals surface area contributed by atoms with Crippen LogP contribution in [0, 0.1) is 12.8 Å². The lowest BCUT2D eigenvalue weighted by atomic mass is 9.73. The van der Waals surface area contributed by atoms with Gasteiger partial charge in [-0.25, -0.2) is 4.79 Å². The number of ether oxygens (including phenoxy) is 1. The van der Waals surface area contributed by atoms with E-state index in [9.17, 15) is 29.4 Å². The Morgan fingerprint density at radius 2 is 1.72 bits per heavy atom. The van der Waals surface area contributed by atoms with Gasteiger partial charge < -0.3 is 35.8 Å². The number of nitrogens with zero attached hydrogens (tertiary/aromatic N) is 2. The molecule has 1 saturated heterocycles. The zero-order valence-electron chi connectivity index (χ0n) is 29.0. The molecule has 0 bridgehead atoms. The molecule has 1 aromatic heterocycles. The number of likely N-dealkylation sites (tertiary alicyclic amines) is 1. The number of anilines is 1. The lowest BCUT2D eigenvalue weighted by Gasteiger charge is -2.28. The topological polar surface area (TPSA) is 170 Å². The Balaban J connectivity index is 1.19. The highest BCUT2D eigenvalue weighted by atomic mass is 16.5. The fourth-order valence-electron chi connectivity index (χ4n) is 7.41. The second kappa shape index (κ2) is 14.8. The van der Waals surface area contributed by atoms with Crippen LogP contribution in [0.5, 0.6) is 5.75 Å². The highest BCUT2D eigenvalue weighted by molar-refractivity contribution is 6.10. The highest BCUT2D eigenvalue weighted by Crippen LogP contribution is 2.48. The van der Waals surface area contributed by atoms with Crippen LogP contribution >= 0.6 is 0 Å². The number of rotatable bonds is 10. The molecule has 12 nitrogen and oxygen atoms in total. The number of pyridine rings is 1. The quantitative estimate of drug-likeness (QED) is 0.143. The number of nitrogens with one attached hydrogen (secondary N) is 3. The molecule has 4 aromatic carbocycles. The Bertz CT molecular complexity index is 2210. The van der Waals surface area contributed by atoms with Crippen LogP contribution in [0.4, 0.5) is 10.5 Å². The minimum Gasteiger partial charge on any atom is -0.506 e. The lowest BCUT2D eigenvalue weighted by Crippen LogP contribution is -2.50. The van der Waals surface area contributed by atoms with Gasteiger partial charge in [-0.3, -0.25) is 19.4 Å². The lowest BCUT2D eigenvalue weighted by molar-refractivity contribution is -0.132. The number of hydrogen-bond acceptors (Lipinski definition) is 8. The van der Waals surface area contributed by atoms with Gasteiger partial charge in [0.1, 0.15) is 23.8 Å². The molecule has 53 heavy (non-hydrogen) atoms. The van der Waals surface area contributed by atoms with Crippen molar-refractivity contribution in [2.45, 2.75) is 44.6 Å². The number of fused-ring (bicyclic) bond motifs is 3. The molecule has 5 aromatic rings. The molecule has 3 atom stereocenters. The predicted molar refractivity (Wildman–Crippen MR) is 196 cm³/mol. The third-order valence-electron chi connectivity index (χ3n) is 10.2. The standard InChI is InChI=1S/C41H39N5O7/c1-25-36(48)31(30(22-47)19-42-25)20-43-37(49)33-21-46(24-41(33)32-13-7-8-14-34(32)44-39(41)51)38(50)35(45-40(52)53-23-26-9-3-2-4-10-26)18-27-15-16-28-11-5-6-12-29(28)17-27/h2-17,19,33,35,47-48H,18,20-24H2,1H3,(H,43,49)(H,44,51)(H,45,52). The van der Waals surface area contributed by atoms with E-state index in [1.54, 1.807) is 31.2 Å². The smallest absolute Gasteiger partial charge is 0.408 e. The van der Waals surface area contributed by atoms with Crippen LogP contribution in [0.2, 0.25) is 0 Å². The van der Waals surface area contributed by atoms with Gasteiger partial charge in [0.15, 0.2) is 0 Å². The number of amides is 4. The fourth-order valence-corrected chi connectivity index (χ4v) is 7.41. The van der Waals surface area contributed by atoms with Crippen molar-refractivity contribution in [1.29, 1.82) is 0 Å².